The molecule has 182 valence electrons. The van der Waals surface area contributed by atoms with E-state index >= 15 is 0 Å². The number of amides is 2. The zero-order chi connectivity index (χ0) is 24.9. The van der Waals surface area contributed by atoms with Gasteiger partial charge in [-0.3, -0.25) is 14.3 Å². The number of nitrogens with one attached hydrogen (secondary N) is 2. The van der Waals surface area contributed by atoms with Crippen LogP contribution in [0.5, 0.6) is 0 Å². The summed E-state index contributed by atoms with van der Waals surface area (Å²) in [6.07, 6.45) is -2.35. The molecule has 0 radical (unpaired) electrons. The van der Waals surface area contributed by atoms with Gasteiger partial charge < -0.3 is 20.5 Å². The normalized spacial score (nSPS) is 13.1. The predicted octanol–water partition coefficient (Wildman–Crippen LogP) is 3.47. The third-order valence-electron chi connectivity index (χ3n) is 5.57. The average Bonchev–Trinajstić information content (AvgIpc) is 3.38. The number of fused-ring (bicyclic) bond motifs is 3. The highest BCUT2D eigenvalue weighted by Crippen LogP contribution is 2.44. The quantitative estimate of drug-likeness (QED) is 0.428. The van der Waals surface area contributed by atoms with Gasteiger partial charge in [0.15, 0.2) is 0 Å². The third kappa shape index (κ3) is 5.62. The Morgan fingerprint density at radius 2 is 1.69 bits per heavy atom. The van der Waals surface area contributed by atoms with Gasteiger partial charge in [-0.1, -0.05) is 48.5 Å². The number of hydrogen-bond donors (Lipinski definition) is 3. The van der Waals surface area contributed by atoms with Crippen molar-refractivity contribution in [2.45, 2.75) is 31.4 Å². The molecule has 4 rings (SSSR count). The van der Waals surface area contributed by atoms with Gasteiger partial charge in [-0.05, 0) is 22.3 Å². The number of aromatic nitrogens is 2. The molecule has 9 nitrogen and oxygen atoms in total. The van der Waals surface area contributed by atoms with E-state index in [1.54, 1.807) is 0 Å². The Kier molecular flexibility index (Phi) is 7.04. The average molecular weight is 484 g/mol. The zero-order valence-electron chi connectivity index (χ0n) is 18.4. The van der Waals surface area contributed by atoms with Crippen LogP contribution in [-0.2, 0) is 20.9 Å². The van der Waals surface area contributed by atoms with Crippen molar-refractivity contribution in [1.29, 1.82) is 0 Å². The van der Waals surface area contributed by atoms with E-state index in [0.717, 1.165) is 26.9 Å². The van der Waals surface area contributed by atoms with E-state index in [2.05, 4.69) is 15.7 Å². The molecular formula is C24H22F2N4O5. The minimum Gasteiger partial charge on any atom is -0.480 e. The largest absolute Gasteiger partial charge is 0.480 e. The van der Waals surface area contributed by atoms with Gasteiger partial charge in [0.2, 0.25) is 5.91 Å². The summed E-state index contributed by atoms with van der Waals surface area (Å²) in [5, 5.41) is 16.9. The van der Waals surface area contributed by atoms with Gasteiger partial charge in [-0.2, -0.15) is 5.10 Å². The van der Waals surface area contributed by atoms with Crippen LogP contribution in [0.1, 0.15) is 23.5 Å². The fourth-order valence-electron chi connectivity index (χ4n) is 4.06. The maximum absolute atomic E-state index is 13.5. The number of hydrogen-bond acceptors (Lipinski definition) is 5. The summed E-state index contributed by atoms with van der Waals surface area (Å²) < 4.78 is 33.4. The minimum absolute atomic E-state index is 0.0508. The van der Waals surface area contributed by atoms with Crippen LogP contribution in [0, 0.1) is 0 Å². The smallest absolute Gasteiger partial charge is 0.407 e. The summed E-state index contributed by atoms with van der Waals surface area (Å²) in [6, 6.07) is 13.7. The molecule has 1 heterocycles. The molecule has 2 aromatic carbocycles. The number of anilines is 1. The molecule has 0 aliphatic heterocycles. The molecule has 0 spiro atoms. The molecule has 0 saturated carbocycles. The highest BCUT2D eigenvalue weighted by Gasteiger charge is 2.30. The monoisotopic (exact) mass is 484 g/mol. The number of alkyl carbamates (subject to hydrolysis) is 1. The molecule has 0 bridgehead atoms. The van der Waals surface area contributed by atoms with Crippen LogP contribution < -0.4 is 10.6 Å². The molecule has 0 saturated heterocycles. The number of benzene rings is 2. The highest BCUT2D eigenvalue weighted by molar-refractivity contribution is 5.91. The second kappa shape index (κ2) is 10.3. The number of alkyl halides is 2. The number of carbonyl (C=O) groups is 3. The number of carbonyl (C=O) groups excluding carboxylic acids is 2. The molecule has 35 heavy (non-hydrogen) atoms. The van der Waals surface area contributed by atoms with Crippen molar-refractivity contribution in [3.05, 3.63) is 72.1 Å². The van der Waals surface area contributed by atoms with Crippen LogP contribution in [0.4, 0.5) is 19.3 Å². The van der Waals surface area contributed by atoms with Crippen molar-refractivity contribution < 1.29 is 33.0 Å². The van der Waals surface area contributed by atoms with E-state index < -0.39 is 43.4 Å². The summed E-state index contributed by atoms with van der Waals surface area (Å²) in [5.74, 6) is -2.16. The Morgan fingerprint density at radius 1 is 1.06 bits per heavy atom. The van der Waals surface area contributed by atoms with Crippen molar-refractivity contribution in [3.63, 3.8) is 0 Å². The summed E-state index contributed by atoms with van der Waals surface area (Å²) in [7, 11) is 0. The van der Waals surface area contributed by atoms with Crippen molar-refractivity contribution >= 4 is 23.7 Å². The molecule has 1 aromatic heterocycles. The first-order valence-electron chi connectivity index (χ1n) is 10.8. The summed E-state index contributed by atoms with van der Waals surface area (Å²) in [6.45, 7) is -0.469. The Bertz CT molecular complexity index is 1200. The second-order valence-electron chi connectivity index (χ2n) is 7.98. The number of carboxylic acids is 1. The third-order valence-corrected chi connectivity index (χ3v) is 5.57. The van der Waals surface area contributed by atoms with E-state index in [-0.39, 0.29) is 18.2 Å². The lowest BCUT2D eigenvalue weighted by molar-refractivity contribution is -0.137. The molecule has 11 heteroatoms. The minimum atomic E-state index is -3.02. The number of nitrogens with zero attached hydrogens (tertiary/aromatic N) is 2. The Morgan fingerprint density at radius 3 is 2.29 bits per heavy atom. The van der Waals surface area contributed by atoms with Gasteiger partial charge in [-0.25, -0.2) is 13.6 Å². The zero-order valence-corrected chi connectivity index (χ0v) is 18.4. The van der Waals surface area contributed by atoms with Gasteiger partial charge in [0.05, 0.1) is 18.3 Å². The summed E-state index contributed by atoms with van der Waals surface area (Å²) in [5.41, 5.74) is 4.17. The van der Waals surface area contributed by atoms with E-state index in [9.17, 15) is 23.2 Å². The fraction of sp³-hybridized carbons (Fsp3) is 0.250. The predicted molar refractivity (Wildman–Crippen MR) is 121 cm³/mol. The van der Waals surface area contributed by atoms with Crippen molar-refractivity contribution in [1.82, 2.24) is 15.1 Å². The number of ether oxygens (including phenoxy) is 1. The van der Waals surface area contributed by atoms with Gasteiger partial charge >= 0.3 is 12.1 Å². The van der Waals surface area contributed by atoms with E-state index in [1.807, 2.05) is 48.5 Å². The lowest BCUT2D eigenvalue weighted by atomic mass is 9.98. The van der Waals surface area contributed by atoms with Gasteiger partial charge in [-0.15, -0.1) is 0 Å². The summed E-state index contributed by atoms with van der Waals surface area (Å²) >= 11 is 0. The molecule has 1 atom stereocenters. The van der Waals surface area contributed by atoms with E-state index in [4.69, 9.17) is 9.84 Å². The first-order chi connectivity index (χ1) is 16.8. The number of aliphatic carboxylic acids is 1. The topological polar surface area (TPSA) is 123 Å². The van der Waals surface area contributed by atoms with Gasteiger partial charge in [0, 0.05) is 12.1 Å². The molecule has 0 fully saturated rings. The number of halogens is 2. The first kappa shape index (κ1) is 23.9. The van der Waals surface area contributed by atoms with Crippen molar-refractivity contribution in [2.24, 2.45) is 0 Å². The van der Waals surface area contributed by atoms with E-state index in [1.165, 1.54) is 12.4 Å². The first-order valence-corrected chi connectivity index (χ1v) is 10.8. The second-order valence-corrected chi connectivity index (χ2v) is 7.98. The standard InChI is InChI=1S/C24H22F2N4O5/c25-23(26)20(9-21(31)28-14-10-27-30(11-14)12-22(32)33)29-24(34)35-13-19-17-7-3-1-5-15(17)16-6-2-4-8-18(16)19/h1-8,10-11,19-20,23H,9,12-13H2,(H,28,31)(H,29,34)(H,32,33). The molecule has 1 aliphatic carbocycles. The lowest BCUT2D eigenvalue weighted by Crippen LogP contribution is -2.43. The molecule has 3 aromatic rings. The van der Waals surface area contributed by atoms with Gasteiger partial charge in [0.1, 0.15) is 19.2 Å². The van der Waals surface area contributed by atoms with Crippen LogP contribution in [0.2, 0.25) is 0 Å². The van der Waals surface area contributed by atoms with Crippen LogP contribution in [-0.4, -0.2) is 51.9 Å². The maximum atomic E-state index is 13.5. The SMILES string of the molecule is O=C(O)Cn1cc(NC(=O)CC(NC(=O)OCC2c3ccccc3-c3ccccc32)C(F)F)cn1. The molecule has 3 N–H and O–H groups in total. The Balaban J connectivity index is 1.33. The lowest BCUT2D eigenvalue weighted by Gasteiger charge is -2.19. The summed E-state index contributed by atoms with van der Waals surface area (Å²) in [4.78, 5) is 35.2. The Hall–Kier alpha value is -4.28. The highest BCUT2D eigenvalue weighted by atomic mass is 19.3. The molecular weight excluding hydrogens is 462 g/mol. The van der Waals surface area contributed by atoms with E-state index in [0.29, 0.717) is 0 Å². The van der Waals surface area contributed by atoms with Crippen molar-refractivity contribution in [3.8, 4) is 11.1 Å². The van der Waals surface area contributed by atoms with Gasteiger partial charge in [0.25, 0.3) is 6.43 Å². The molecule has 1 aliphatic rings. The number of carboxylic acid groups (broad SMARTS) is 1. The van der Waals surface area contributed by atoms with Crippen LogP contribution in [0.3, 0.4) is 0 Å². The molecule has 1 unspecified atom stereocenters. The van der Waals surface area contributed by atoms with Crippen LogP contribution in [0.25, 0.3) is 11.1 Å². The fourth-order valence-corrected chi connectivity index (χ4v) is 4.06. The molecule has 2 amide bonds. The Labute approximate surface area is 198 Å². The van der Waals surface area contributed by atoms with Crippen molar-refractivity contribution in [2.75, 3.05) is 11.9 Å². The van der Waals surface area contributed by atoms with Crippen LogP contribution in [0.15, 0.2) is 60.9 Å². The number of rotatable bonds is 9. The maximum Gasteiger partial charge on any atom is 0.407 e. The van der Waals surface area contributed by atoms with Crippen LogP contribution >= 0.6 is 0 Å².